The Balaban J connectivity index is 2.07. The molecule has 1 unspecified atom stereocenters. The summed E-state index contributed by atoms with van der Waals surface area (Å²) in [4.78, 5) is 15.2. The van der Waals surface area contributed by atoms with E-state index < -0.39 is 0 Å². The van der Waals surface area contributed by atoms with Crippen LogP contribution in [0.25, 0.3) is 0 Å². The average molecular weight is 237 g/mol. The monoisotopic (exact) mass is 237 g/mol. The third-order valence-corrected chi connectivity index (χ3v) is 5.00. The van der Waals surface area contributed by atoms with Gasteiger partial charge in [-0.2, -0.15) is 0 Å². The number of nitrogens with zero attached hydrogens (tertiary/aromatic N) is 1. The van der Waals surface area contributed by atoms with Crippen molar-refractivity contribution in [2.75, 3.05) is 13.1 Å². The topological polar surface area (TPSA) is 20.3 Å². The van der Waals surface area contributed by atoms with E-state index in [0.29, 0.717) is 11.7 Å². The van der Waals surface area contributed by atoms with Crippen molar-refractivity contribution < 1.29 is 4.79 Å². The van der Waals surface area contributed by atoms with Crippen LogP contribution < -0.4 is 0 Å². The Bertz CT molecular complexity index is 264. The minimum Gasteiger partial charge on any atom is -0.297 e. The summed E-state index contributed by atoms with van der Waals surface area (Å²) in [6.45, 7) is 6.62. The predicted octanol–water partition coefficient (Wildman–Crippen LogP) is 3.40. The predicted molar refractivity (Wildman–Crippen MR) is 71.1 cm³/mol. The molecule has 0 N–H and O–H groups in total. The first-order chi connectivity index (χ1) is 8.18. The van der Waals surface area contributed by atoms with Crippen LogP contribution in [0.5, 0.6) is 0 Å². The molecule has 1 aliphatic heterocycles. The van der Waals surface area contributed by atoms with E-state index >= 15 is 0 Å². The van der Waals surface area contributed by atoms with Crippen LogP contribution in [0.1, 0.15) is 65.2 Å². The van der Waals surface area contributed by atoms with E-state index in [4.69, 9.17) is 0 Å². The smallest absolute Gasteiger partial charge is 0.155 e. The van der Waals surface area contributed by atoms with Gasteiger partial charge < -0.3 is 0 Å². The zero-order chi connectivity index (χ0) is 12.3. The summed E-state index contributed by atoms with van der Waals surface area (Å²) in [7, 11) is 0. The van der Waals surface area contributed by atoms with Gasteiger partial charge in [-0.1, -0.05) is 26.2 Å². The molecule has 0 bridgehead atoms. The maximum atomic E-state index is 12.8. The number of hydrogen-bond donors (Lipinski definition) is 0. The summed E-state index contributed by atoms with van der Waals surface area (Å²) in [5.41, 5.74) is -0.168. The molecule has 0 aromatic rings. The third-order valence-electron chi connectivity index (χ3n) is 5.00. The van der Waals surface area contributed by atoms with Crippen LogP contribution in [0.3, 0.4) is 0 Å². The molecule has 98 valence electrons. The second-order valence-electron chi connectivity index (χ2n) is 6.02. The quantitative estimate of drug-likeness (QED) is 0.747. The number of rotatable bonds is 4. The van der Waals surface area contributed by atoms with E-state index in [0.717, 1.165) is 32.4 Å². The molecule has 17 heavy (non-hydrogen) atoms. The molecular formula is C15H27NO. The van der Waals surface area contributed by atoms with E-state index in [2.05, 4.69) is 18.7 Å². The molecule has 0 spiro atoms. The number of Topliss-reactive ketones (excluding diaryl/α,β-unsaturated/α-hetero) is 1. The maximum Gasteiger partial charge on any atom is 0.155 e. The lowest BCUT2D eigenvalue weighted by molar-refractivity contribution is -0.135. The molecule has 1 saturated carbocycles. The van der Waals surface area contributed by atoms with E-state index in [9.17, 15) is 4.79 Å². The van der Waals surface area contributed by atoms with Crippen LogP contribution in [0, 0.1) is 5.92 Å². The highest BCUT2D eigenvalue weighted by molar-refractivity contribution is 5.90. The van der Waals surface area contributed by atoms with Crippen LogP contribution in [0.4, 0.5) is 0 Å². The Morgan fingerprint density at radius 2 is 1.71 bits per heavy atom. The van der Waals surface area contributed by atoms with Gasteiger partial charge >= 0.3 is 0 Å². The van der Waals surface area contributed by atoms with Gasteiger partial charge in [-0.3, -0.25) is 9.69 Å². The lowest BCUT2D eigenvalue weighted by Crippen LogP contribution is -2.53. The van der Waals surface area contributed by atoms with Gasteiger partial charge in [0, 0.05) is 5.92 Å². The van der Waals surface area contributed by atoms with Crippen molar-refractivity contribution in [3.05, 3.63) is 0 Å². The molecule has 2 aliphatic rings. The van der Waals surface area contributed by atoms with Crippen LogP contribution in [-0.4, -0.2) is 29.3 Å². The zero-order valence-corrected chi connectivity index (χ0v) is 11.5. The Kier molecular flexibility index (Phi) is 4.24. The van der Waals surface area contributed by atoms with E-state index in [1.165, 1.54) is 32.1 Å². The number of carbonyl (C=O) groups is 1. The van der Waals surface area contributed by atoms with Crippen molar-refractivity contribution in [2.24, 2.45) is 5.92 Å². The van der Waals surface area contributed by atoms with Gasteiger partial charge in [0.05, 0.1) is 5.54 Å². The van der Waals surface area contributed by atoms with E-state index in [-0.39, 0.29) is 5.54 Å². The highest BCUT2D eigenvalue weighted by atomic mass is 16.1. The largest absolute Gasteiger partial charge is 0.297 e. The fourth-order valence-electron chi connectivity index (χ4n) is 3.57. The van der Waals surface area contributed by atoms with Gasteiger partial charge in [-0.05, 0) is 52.1 Å². The summed E-state index contributed by atoms with van der Waals surface area (Å²) in [5.74, 6) is 0.899. The van der Waals surface area contributed by atoms with Gasteiger partial charge in [-0.15, -0.1) is 0 Å². The summed E-state index contributed by atoms with van der Waals surface area (Å²) < 4.78 is 0. The normalized spacial score (nSPS) is 26.9. The second kappa shape index (κ2) is 5.51. The SMILES string of the molecule is CCC(C)(C(=O)C1CCCCC1)N1CCCC1. The maximum absolute atomic E-state index is 12.8. The first kappa shape index (κ1) is 13.1. The molecule has 2 nitrogen and oxygen atoms in total. The minimum absolute atomic E-state index is 0.168. The fraction of sp³-hybridized carbons (Fsp3) is 0.933. The highest BCUT2D eigenvalue weighted by Gasteiger charge is 2.41. The molecular weight excluding hydrogens is 210 g/mol. The van der Waals surface area contributed by atoms with Crippen molar-refractivity contribution in [3.8, 4) is 0 Å². The highest BCUT2D eigenvalue weighted by Crippen LogP contribution is 2.33. The molecule has 0 amide bonds. The Labute approximate surface area is 106 Å². The Morgan fingerprint density at radius 1 is 1.12 bits per heavy atom. The van der Waals surface area contributed by atoms with Crippen molar-refractivity contribution >= 4 is 5.78 Å². The summed E-state index contributed by atoms with van der Waals surface area (Å²) >= 11 is 0. The van der Waals surface area contributed by atoms with Gasteiger partial charge in [0.2, 0.25) is 0 Å². The summed E-state index contributed by atoms with van der Waals surface area (Å²) in [6, 6.07) is 0. The zero-order valence-electron chi connectivity index (χ0n) is 11.5. The Morgan fingerprint density at radius 3 is 2.24 bits per heavy atom. The molecule has 0 radical (unpaired) electrons. The number of carbonyl (C=O) groups excluding carboxylic acids is 1. The van der Waals surface area contributed by atoms with Gasteiger partial charge in [0.25, 0.3) is 0 Å². The number of ketones is 1. The first-order valence-corrected chi connectivity index (χ1v) is 7.48. The molecule has 1 saturated heterocycles. The van der Waals surface area contributed by atoms with Gasteiger partial charge in [0.15, 0.2) is 5.78 Å². The van der Waals surface area contributed by atoms with Crippen molar-refractivity contribution in [3.63, 3.8) is 0 Å². The summed E-state index contributed by atoms with van der Waals surface area (Å²) in [5, 5.41) is 0. The molecule has 1 atom stereocenters. The molecule has 1 aliphatic carbocycles. The van der Waals surface area contributed by atoms with Gasteiger partial charge in [0.1, 0.15) is 0 Å². The first-order valence-electron chi connectivity index (χ1n) is 7.48. The number of hydrogen-bond acceptors (Lipinski definition) is 2. The van der Waals surface area contributed by atoms with Crippen LogP contribution >= 0.6 is 0 Å². The number of likely N-dealkylation sites (tertiary alicyclic amines) is 1. The third kappa shape index (κ3) is 2.57. The lowest BCUT2D eigenvalue weighted by Gasteiger charge is -2.40. The van der Waals surface area contributed by atoms with Crippen molar-refractivity contribution in [1.82, 2.24) is 4.90 Å². The van der Waals surface area contributed by atoms with E-state index in [1.54, 1.807) is 0 Å². The molecule has 0 aromatic carbocycles. The van der Waals surface area contributed by atoms with Crippen LogP contribution in [0.2, 0.25) is 0 Å². The Hall–Kier alpha value is -0.370. The van der Waals surface area contributed by atoms with E-state index in [1.807, 2.05) is 0 Å². The minimum atomic E-state index is -0.168. The van der Waals surface area contributed by atoms with Crippen molar-refractivity contribution in [2.45, 2.75) is 70.8 Å². The molecule has 1 heterocycles. The average Bonchev–Trinajstić information content (AvgIpc) is 2.92. The standard InChI is InChI=1S/C15H27NO/c1-3-15(2,16-11-7-8-12-16)14(17)13-9-5-4-6-10-13/h13H,3-12H2,1-2H3. The molecule has 2 rings (SSSR count). The van der Waals surface area contributed by atoms with Crippen molar-refractivity contribution in [1.29, 1.82) is 0 Å². The fourth-order valence-corrected chi connectivity index (χ4v) is 3.57. The van der Waals surface area contributed by atoms with Crippen LogP contribution in [-0.2, 0) is 4.79 Å². The van der Waals surface area contributed by atoms with Gasteiger partial charge in [-0.25, -0.2) is 0 Å². The lowest BCUT2D eigenvalue weighted by atomic mass is 9.77. The molecule has 2 heteroatoms. The second-order valence-corrected chi connectivity index (χ2v) is 6.02. The molecule has 2 fully saturated rings. The summed E-state index contributed by atoms with van der Waals surface area (Å²) in [6.07, 6.45) is 9.65. The van der Waals surface area contributed by atoms with Crippen LogP contribution in [0.15, 0.2) is 0 Å². The molecule has 0 aromatic heterocycles.